The smallest absolute Gasteiger partial charge is 0.270 e. The van der Waals surface area contributed by atoms with Gasteiger partial charge in [0.2, 0.25) is 0 Å². The summed E-state index contributed by atoms with van der Waals surface area (Å²) in [5, 5.41) is 0.672. The number of thioether (sulfide) groups is 1. The average Bonchev–Trinajstić information content (AvgIpc) is 3.02. The van der Waals surface area contributed by atoms with Crippen LogP contribution in [0.3, 0.4) is 0 Å². The first-order valence-corrected chi connectivity index (χ1v) is 12.2. The molecule has 0 saturated carbocycles. The van der Waals surface area contributed by atoms with E-state index in [9.17, 15) is 4.79 Å². The number of nitrogens with zero attached hydrogens (tertiary/aromatic N) is 1. The molecule has 0 spiro atoms. The van der Waals surface area contributed by atoms with Crippen molar-refractivity contribution in [3.63, 3.8) is 0 Å². The van der Waals surface area contributed by atoms with Crippen LogP contribution in [0, 0.1) is 13.8 Å². The minimum Gasteiger partial charge on any atom is -0.488 e. The van der Waals surface area contributed by atoms with Crippen molar-refractivity contribution in [2.75, 3.05) is 4.90 Å². The van der Waals surface area contributed by atoms with Crippen LogP contribution in [-0.2, 0) is 11.4 Å². The van der Waals surface area contributed by atoms with Crippen LogP contribution in [0.25, 0.3) is 6.08 Å². The van der Waals surface area contributed by atoms with Gasteiger partial charge in [-0.2, -0.15) is 0 Å². The van der Waals surface area contributed by atoms with Gasteiger partial charge in [0.1, 0.15) is 12.4 Å². The van der Waals surface area contributed by atoms with E-state index < -0.39 is 0 Å². The molecule has 4 rings (SSSR count). The molecule has 0 radical (unpaired) electrons. The third-order valence-electron chi connectivity index (χ3n) is 4.98. The fourth-order valence-corrected chi connectivity index (χ4v) is 5.36. The molecule has 1 saturated heterocycles. The zero-order valence-electron chi connectivity index (χ0n) is 17.4. The van der Waals surface area contributed by atoms with Crippen LogP contribution in [0.5, 0.6) is 5.75 Å². The molecule has 1 aliphatic heterocycles. The Kier molecular flexibility index (Phi) is 7.05. The highest BCUT2D eigenvalue weighted by atomic mass is 79.9. The van der Waals surface area contributed by atoms with E-state index in [-0.39, 0.29) is 5.91 Å². The monoisotopic (exact) mass is 543 g/mol. The Morgan fingerprint density at radius 1 is 1.12 bits per heavy atom. The molecular weight excluding hydrogens is 526 g/mol. The summed E-state index contributed by atoms with van der Waals surface area (Å²) in [5.74, 6) is 0.590. The zero-order valence-corrected chi connectivity index (χ0v) is 21.4. The van der Waals surface area contributed by atoms with Gasteiger partial charge in [-0.1, -0.05) is 77.5 Å². The lowest BCUT2D eigenvalue weighted by Gasteiger charge is -2.17. The van der Waals surface area contributed by atoms with E-state index >= 15 is 0 Å². The molecule has 1 aliphatic rings. The first-order chi connectivity index (χ1) is 15.3. The van der Waals surface area contributed by atoms with Crippen molar-refractivity contribution in [2.45, 2.75) is 20.5 Å². The van der Waals surface area contributed by atoms with Crippen molar-refractivity contribution in [2.24, 2.45) is 0 Å². The summed E-state index contributed by atoms with van der Waals surface area (Å²) in [4.78, 5) is 15.3. The Balaban J connectivity index is 1.52. The van der Waals surface area contributed by atoms with E-state index in [4.69, 9.17) is 28.6 Å². The van der Waals surface area contributed by atoms with Gasteiger partial charge in [-0.05, 0) is 71.2 Å². The number of thiocarbonyl (C=S) groups is 1. The van der Waals surface area contributed by atoms with Gasteiger partial charge in [-0.15, -0.1) is 0 Å². The molecular formula is C25H19BrClNO2S2. The lowest BCUT2D eigenvalue weighted by atomic mass is 10.1. The van der Waals surface area contributed by atoms with Gasteiger partial charge in [-0.25, -0.2) is 0 Å². The Morgan fingerprint density at radius 3 is 2.62 bits per heavy atom. The maximum absolute atomic E-state index is 13.1. The van der Waals surface area contributed by atoms with E-state index in [0.29, 0.717) is 26.6 Å². The first-order valence-electron chi connectivity index (χ1n) is 9.84. The van der Waals surface area contributed by atoms with Gasteiger partial charge < -0.3 is 4.74 Å². The van der Waals surface area contributed by atoms with Crippen LogP contribution in [-0.4, -0.2) is 10.2 Å². The zero-order chi connectivity index (χ0) is 22.8. The van der Waals surface area contributed by atoms with Crippen molar-refractivity contribution < 1.29 is 9.53 Å². The van der Waals surface area contributed by atoms with Gasteiger partial charge in [0.15, 0.2) is 4.32 Å². The van der Waals surface area contributed by atoms with E-state index in [1.165, 1.54) is 11.8 Å². The molecule has 7 heteroatoms. The Bertz CT molecular complexity index is 1260. The minimum absolute atomic E-state index is 0.109. The first kappa shape index (κ1) is 23.1. The van der Waals surface area contributed by atoms with Crippen molar-refractivity contribution >= 4 is 73.5 Å². The molecule has 162 valence electrons. The Hall–Kier alpha value is -2.12. The Labute approximate surface area is 210 Å². The summed E-state index contributed by atoms with van der Waals surface area (Å²) < 4.78 is 7.24. The molecule has 1 heterocycles. The third-order valence-corrected chi connectivity index (χ3v) is 7.27. The maximum Gasteiger partial charge on any atom is 0.270 e. The Morgan fingerprint density at radius 2 is 1.91 bits per heavy atom. The fraction of sp³-hybridized carbons (Fsp3) is 0.120. The topological polar surface area (TPSA) is 29.5 Å². The number of amides is 1. The lowest BCUT2D eigenvalue weighted by molar-refractivity contribution is -0.113. The van der Waals surface area contributed by atoms with Gasteiger partial charge in [0, 0.05) is 10.6 Å². The van der Waals surface area contributed by atoms with E-state index in [0.717, 1.165) is 32.4 Å². The number of halogens is 2. The van der Waals surface area contributed by atoms with E-state index in [1.54, 1.807) is 4.90 Å². The fourth-order valence-electron chi connectivity index (χ4n) is 3.38. The van der Waals surface area contributed by atoms with Crippen LogP contribution in [0.15, 0.2) is 70.0 Å². The molecule has 0 N–H and O–H groups in total. The molecule has 1 amide bonds. The minimum atomic E-state index is -0.109. The summed E-state index contributed by atoms with van der Waals surface area (Å²) >= 11 is 16.6. The number of carbonyl (C=O) groups excluding carboxylic acids is 1. The summed E-state index contributed by atoms with van der Waals surface area (Å²) in [5.41, 5.74) is 4.79. The molecule has 3 aromatic rings. The molecule has 0 atom stereocenters. The van der Waals surface area contributed by atoms with Gasteiger partial charge >= 0.3 is 0 Å². The van der Waals surface area contributed by atoms with Crippen molar-refractivity contribution in [1.82, 2.24) is 0 Å². The van der Waals surface area contributed by atoms with E-state index in [1.807, 2.05) is 74.5 Å². The van der Waals surface area contributed by atoms with Crippen LogP contribution in [0.1, 0.15) is 22.3 Å². The number of rotatable bonds is 5. The second-order valence-electron chi connectivity index (χ2n) is 7.38. The summed E-state index contributed by atoms with van der Waals surface area (Å²) in [6, 6.07) is 19.3. The molecule has 0 aromatic heterocycles. The van der Waals surface area contributed by atoms with Crippen LogP contribution < -0.4 is 9.64 Å². The number of anilines is 1. The van der Waals surface area contributed by atoms with Gasteiger partial charge in [0.05, 0.1) is 15.1 Å². The summed E-state index contributed by atoms with van der Waals surface area (Å²) in [6.07, 6.45) is 1.85. The second kappa shape index (κ2) is 9.79. The normalized spacial score (nSPS) is 15.0. The number of benzene rings is 3. The second-order valence-corrected chi connectivity index (χ2v) is 10.3. The van der Waals surface area contributed by atoms with Gasteiger partial charge in [-0.3, -0.25) is 9.69 Å². The van der Waals surface area contributed by atoms with Crippen molar-refractivity contribution in [3.8, 4) is 5.75 Å². The van der Waals surface area contributed by atoms with Crippen LogP contribution in [0.4, 0.5) is 5.69 Å². The number of carbonyl (C=O) groups is 1. The van der Waals surface area contributed by atoms with Gasteiger partial charge in [0.25, 0.3) is 5.91 Å². The standard InChI is InChI=1S/C25H19BrClNO2S2/c1-15-7-9-21(16(2)11-15)28-24(29)23(32-25(28)31)13-17-8-10-22(19(26)12-17)30-14-18-5-3-4-6-20(18)27/h3-13H,14H2,1-2H3/b23-13-. The molecule has 0 unspecified atom stereocenters. The maximum atomic E-state index is 13.1. The lowest BCUT2D eigenvalue weighted by Crippen LogP contribution is -2.28. The molecule has 3 aromatic carbocycles. The van der Waals surface area contributed by atoms with Crippen LogP contribution >= 0.6 is 51.5 Å². The highest BCUT2D eigenvalue weighted by Crippen LogP contribution is 2.38. The number of hydrogen-bond acceptors (Lipinski definition) is 4. The largest absolute Gasteiger partial charge is 0.488 e. The average molecular weight is 545 g/mol. The number of hydrogen-bond donors (Lipinski definition) is 0. The predicted molar refractivity (Wildman–Crippen MR) is 141 cm³/mol. The third kappa shape index (κ3) is 4.94. The molecule has 0 aliphatic carbocycles. The molecule has 0 bridgehead atoms. The number of aryl methyl sites for hydroxylation is 2. The summed E-state index contributed by atoms with van der Waals surface area (Å²) in [7, 11) is 0. The quantitative estimate of drug-likeness (QED) is 0.243. The highest BCUT2D eigenvalue weighted by molar-refractivity contribution is 9.10. The molecule has 3 nitrogen and oxygen atoms in total. The molecule has 1 fully saturated rings. The van der Waals surface area contributed by atoms with E-state index in [2.05, 4.69) is 22.0 Å². The molecule has 32 heavy (non-hydrogen) atoms. The SMILES string of the molecule is Cc1ccc(N2C(=O)/C(=C/c3ccc(OCc4ccccc4Cl)c(Br)c3)SC2=S)c(C)c1. The predicted octanol–water partition coefficient (Wildman–Crippen LogP) is 7.70. The van der Waals surface area contributed by atoms with Crippen LogP contribution in [0.2, 0.25) is 5.02 Å². The van der Waals surface area contributed by atoms with Crippen molar-refractivity contribution in [3.05, 3.63) is 97.3 Å². The summed E-state index contributed by atoms with van der Waals surface area (Å²) in [6.45, 7) is 4.38. The number of ether oxygens (including phenoxy) is 1. The van der Waals surface area contributed by atoms with Crippen molar-refractivity contribution in [1.29, 1.82) is 0 Å². The highest BCUT2D eigenvalue weighted by Gasteiger charge is 2.34.